The molecule has 3 aliphatic rings. The molecule has 30 heavy (non-hydrogen) atoms. The van der Waals surface area contributed by atoms with Gasteiger partial charge in [0.15, 0.2) is 0 Å². The van der Waals surface area contributed by atoms with Crippen LogP contribution in [0.5, 0.6) is 0 Å². The van der Waals surface area contributed by atoms with Crippen LogP contribution >= 0.6 is 15.9 Å². The van der Waals surface area contributed by atoms with E-state index in [1.54, 1.807) is 12.1 Å². The van der Waals surface area contributed by atoms with Crippen molar-refractivity contribution < 1.29 is 14.4 Å². The molecule has 5 rings (SSSR count). The van der Waals surface area contributed by atoms with Crippen molar-refractivity contribution in [3.63, 3.8) is 0 Å². The molecule has 1 saturated carbocycles. The van der Waals surface area contributed by atoms with Crippen molar-refractivity contribution >= 4 is 39.3 Å². The normalized spacial score (nSPS) is 27.4. The molecule has 2 aromatic carbocycles. The third-order valence-corrected chi connectivity index (χ3v) is 7.03. The van der Waals surface area contributed by atoms with Gasteiger partial charge in [0, 0.05) is 16.6 Å². The third-order valence-electron chi connectivity index (χ3n) is 6.50. The van der Waals surface area contributed by atoms with E-state index >= 15 is 0 Å². The maximum Gasteiger partial charge on any atom is 0.248 e. The van der Waals surface area contributed by atoms with Crippen molar-refractivity contribution in [2.45, 2.75) is 18.9 Å². The minimum Gasteiger partial charge on any atom is -0.324 e. The molecule has 0 aromatic heterocycles. The second-order valence-electron chi connectivity index (χ2n) is 8.25. The van der Waals surface area contributed by atoms with Gasteiger partial charge in [0.25, 0.3) is 0 Å². The van der Waals surface area contributed by atoms with Crippen LogP contribution in [0.4, 0.5) is 5.69 Å². The Kier molecular flexibility index (Phi) is 4.82. The molecule has 2 aliphatic carbocycles. The molecule has 1 saturated heterocycles. The smallest absolute Gasteiger partial charge is 0.248 e. The number of rotatable bonds is 5. The number of nitrogens with zero attached hydrogens (tertiary/aromatic N) is 1. The fraction of sp³-hybridized carbons (Fsp3) is 0.292. The summed E-state index contributed by atoms with van der Waals surface area (Å²) in [5.41, 5.74) is 1.54. The van der Waals surface area contributed by atoms with Gasteiger partial charge in [0.2, 0.25) is 17.7 Å². The molecule has 0 spiro atoms. The SMILES string of the molecule is O=C(Nc1ccc(Br)cc1)[C@H](Cc1ccccc1)N1C(=O)[C@@H]2[C@@H](C1=O)[C@H]1C=C[C@H]2C1. The lowest BCUT2D eigenvalue weighted by atomic mass is 9.85. The van der Waals surface area contributed by atoms with Crippen molar-refractivity contribution in [2.24, 2.45) is 23.7 Å². The lowest BCUT2D eigenvalue weighted by Gasteiger charge is -2.27. The van der Waals surface area contributed by atoms with Crippen molar-refractivity contribution in [2.75, 3.05) is 5.32 Å². The van der Waals surface area contributed by atoms with Gasteiger partial charge in [0.05, 0.1) is 11.8 Å². The molecule has 6 heteroatoms. The van der Waals surface area contributed by atoms with Crippen LogP contribution in [-0.4, -0.2) is 28.7 Å². The standard InChI is InChI=1S/C24H21BrN2O3/c25-17-8-10-18(11-9-17)26-22(28)19(12-14-4-2-1-3-5-14)27-23(29)20-15-6-7-16(13-15)21(20)24(27)30/h1-11,15-16,19-21H,12-13H2,(H,26,28)/t15-,16-,19-,20-,21-/m0/s1. The number of allylic oxidation sites excluding steroid dienone is 2. The van der Waals surface area contributed by atoms with Crippen LogP contribution in [0.3, 0.4) is 0 Å². The van der Waals surface area contributed by atoms with E-state index in [1.807, 2.05) is 42.5 Å². The molecule has 2 aromatic rings. The second kappa shape index (κ2) is 7.51. The Balaban J connectivity index is 1.45. The van der Waals surface area contributed by atoms with Gasteiger partial charge in [-0.25, -0.2) is 0 Å². The lowest BCUT2D eigenvalue weighted by Crippen LogP contribution is -2.49. The number of nitrogens with one attached hydrogen (secondary N) is 1. The minimum atomic E-state index is -0.874. The first kappa shape index (κ1) is 19.2. The Morgan fingerprint density at radius 2 is 1.57 bits per heavy atom. The molecule has 3 amide bonds. The zero-order valence-electron chi connectivity index (χ0n) is 16.2. The highest BCUT2D eigenvalue weighted by molar-refractivity contribution is 9.10. The van der Waals surface area contributed by atoms with Crippen LogP contribution in [0.1, 0.15) is 12.0 Å². The topological polar surface area (TPSA) is 66.5 Å². The van der Waals surface area contributed by atoms with Gasteiger partial charge in [-0.15, -0.1) is 0 Å². The highest BCUT2D eigenvalue weighted by Gasteiger charge is 2.61. The zero-order valence-corrected chi connectivity index (χ0v) is 17.8. The highest BCUT2D eigenvalue weighted by atomic mass is 79.9. The van der Waals surface area contributed by atoms with Gasteiger partial charge >= 0.3 is 0 Å². The summed E-state index contributed by atoms with van der Waals surface area (Å²) >= 11 is 3.38. The maximum absolute atomic E-state index is 13.3. The number of likely N-dealkylation sites (tertiary alicyclic amines) is 1. The number of carbonyl (C=O) groups is 3. The van der Waals surface area contributed by atoms with Gasteiger partial charge < -0.3 is 5.32 Å². The molecule has 2 bridgehead atoms. The first-order valence-electron chi connectivity index (χ1n) is 10.2. The first-order valence-corrected chi connectivity index (χ1v) is 11.0. The van der Waals surface area contributed by atoms with E-state index < -0.39 is 6.04 Å². The highest BCUT2D eigenvalue weighted by Crippen LogP contribution is 2.53. The molecule has 152 valence electrons. The van der Waals surface area contributed by atoms with E-state index in [9.17, 15) is 14.4 Å². The summed E-state index contributed by atoms with van der Waals surface area (Å²) in [5, 5.41) is 2.89. The summed E-state index contributed by atoms with van der Waals surface area (Å²) in [4.78, 5) is 41.2. The predicted octanol–water partition coefficient (Wildman–Crippen LogP) is 3.81. The van der Waals surface area contributed by atoms with Gasteiger partial charge in [-0.1, -0.05) is 58.4 Å². The number of hydrogen-bond acceptors (Lipinski definition) is 3. The zero-order chi connectivity index (χ0) is 20.8. The molecule has 5 nitrogen and oxygen atoms in total. The number of amides is 3. The summed E-state index contributed by atoms with van der Waals surface area (Å²) in [6.07, 6.45) is 5.29. The average Bonchev–Trinajstić information content (AvgIpc) is 3.43. The third kappa shape index (κ3) is 3.19. The first-order chi connectivity index (χ1) is 14.5. The maximum atomic E-state index is 13.3. The summed E-state index contributed by atoms with van der Waals surface area (Å²) in [7, 11) is 0. The van der Waals surface area contributed by atoms with Crippen molar-refractivity contribution in [3.05, 3.63) is 76.8 Å². The van der Waals surface area contributed by atoms with Crippen LogP contribution in [0, 0.1) is 23.7 Å². The van der Waals surface area contributed by atoms with E-state index in [0.717, 1.165) is 16.5 Å². The van der Waals surface area contributed by atoms with Gasteiger partial charge in [-0.05, 0) is 48.1 Å². The van der Waals surface area contributed by atoms with E-state index in [1.165, 1.54) is 4.90 Å². The largest absolute Gasteiger partial charge is 0.324 e. The molecular formula is C24H21BrN2O3. The molecule has 2 fully saturated rings. The Bertz CT molecular complexity index is 1000. The van der Waals surface area contributed by atoms with Crippen LogP contribution < -0.4 is 5.32 Å². The molecule has 1 N–H and O–H groups in total. The Hall–Kier alpha value is -2.73. The van der Waals surface area contributed by atoms with Crippen molar-refractivity contribution in [1.29, 1.82) is 0 Å². The lowest BCUT2D eigenvalue weighted by molar-refractivity contribution is -0.147. The van der Waals surface area contributed by atoms with E-state index in [0.29, 0.717) is 12.1 Å². The van der Waals surface area contributed by atoms with Gasteiger partial charge in [-0.2, -0.15) is 0 Å². The van der Waals surface area contributed by atoms with E-state index in [2.05, 4.69) is 33.4 Å². The number of anilines is 1. The molecule has 0 unspecified atom stereocenters. The van der Waals surface area contributed by atoms with Crippen LogP contribution in [-0.2, 0) is 20.8 Å². The van der Waals surface area contributed by atoms with Crippen LogP contribution in [0.2, 0.25) is 0 Å². The molecule has 1 heterocycles. The number of imide groups is 1. The molecular weight excluding hydrogens is 444 g/mol. The number of fused-ring (bicyclic) bond motifs is 5. The fourth-order valence-corrected chi connectivity index (χ4v) is 5.39. The van der Waals surface area contributed by atoms with Gasteiger partial charge in [-0.3, -0.25) is 19.3 Å². The molecule has 0 radical (unpaired) electrons. The van der Waals surface area contributed by atoms with Crippen LogP contribution in [0.25, 0.3) is 0 Å². The quantitative estimate of drug-likeness (QED) is 0.540. The van der Waals surface area contributed by atoms with E-state index in [-0.39, 0.29) is 41.4 Å². The molecule has 5 atom stereocenters. The minimum absolute atomic E-state index is 0.119. The molecule has 1 aliphatic heterocycles. The van der Waals surface area contributed by atoms with Crippen molar-refractivity contribution in [3.8, 4) is 0 Å². The fourth-order valence-electron chi connectivity index (χ4n) is 5.13. The Morgan fingerprint density at radius 3 is 2.17 bits per heavy atom. The number of halogens is 1. The van der Waals surface area contributed by atoms with Crippen molar-refractivity contribution in [1.82, 2.24) is 4.90 Å². The summed E-state index contributed by atoms with van der Waals surface area (Å²) in [6.45, 7) is 0. The van der Waals surface area contributed by atoms with E-state index in [4.69, 9.17) is 0 Å². The average molecular weight is 465 g/mol. The second-order valence-corrected chi connectivity index (χ2v) is 9.16. The van der Waals surface area contributed by atoms with Gasteiger partial charge in [0.1, 0.15) is 6.04 Å². The van der Waals surface area contributed by atoms with Crippen LogP contribution in [0.15, 0.2) is 71.2 Å². The number of benzene rings is 2. The summed E-state index contributed by atoms with van der Waals surface area (Å²) in [6, 6.07) is 15.9. The monoisotopic (exact) mass is 464 g/mol. The Morgan fingerprint density at radius 1 is 0.967 bits per heavy atom. The Labute approximate surface area is 183 Å². The summed E-state index contributed by atoms with van der Waals surface area (Å²) < 4.78 is 0.905. The number of hydrogen-bond donors (Lipinski definition) is 1. The number of carbonyl (C=O) groups excluding carboxylic acids is 3. The predicted molar refractivity (Wildman–Crippen MR) is 116 cm³/mol. The summed E-state index contributed by atoms with van der Waals surface area (Å²) in [5.74, 6) is -1.13.